The highest BCUT2D eigenvalue weighted by Gasteiger charge is 2.24. The second kappa shape index (κ2) is 7.17. The maximum absolute atomic E-state index is 13.4. The number of morpholine rings is 1. The van der Waals surface area contributed by atoms with Crippen molar-refractivity contribution in [3.8, 4) is 0 Å². The van der Waals surface area contributed by atoms with Crippen LogP contribution < -0.4 is 0 Å². The molecule has 1 saturated heterocycles. The predicted molar refractivity (Wildman–Crippen MR) is 110 cm³/mol. The van der Waals surface area contributed by atoms with E-state index in [2.05, 4.69) is 20.8 Å². The van der Waals surface area contributed by atoms with Crippen LogP contribution in [0.2, 0.25) is 5.02 Å². The third kappa shape index (κ3) is 3.16. The molecule has 7 nitrogen and oxygen atoms in total. The zero-order valence-electron chi connectivity index (χ0n) is 16.0. The molecule has 5 rings (SSSR count). The van der Waals surface area contributed by atoms with Crippen LogP contribution in [0.1, 0.15) is 21.6 Å². The molecule has 1 aliphatic rings. The number of pyridine rings is 1. The van der Waals surface area contributed by atoms with E-state index in [1.54, 1.807) is 6.33 Å². The lowest BCUT2D eigenvalue weighted by Crippen LogP contribution is -2.41. The number of hydrogen-bond donors (Lipinski definition) is 0. The van der Waals surface area contributed by atoms with Crippen LogP contribution in [-0.4, -0.2) is 56.3 Å². The Morgan fingerprint density at radius 1 is 1.17 bits per heavy atom. The number of ether oxygens (including phenoxy) is 1. The summed E-state index contributed by atoms with van der Waals surface area (Å²) in [5.74, 6) is 0.00501. The molecule has 4 aromatic rings. The average Bonchev–Trinajstić information content (AvgIpc) is 3.34. The van der Waals surface area contributed by atoms with E-state index in [9.17, 15) is 4.79 Å². The van der Waals surface area contributed by atoms with Crippen molar-refractivity contribution in [3.63, 3.8) is 0 Å². The molecular weight excluding hydrogens is 390 g/mol. The summed E-state index contributed by atoms with van der Waals surface area (Å²) >= 11 is 6.20. The molecule has 8 heteroatoms. The number of fused-ring (bicyclic) bond motifs is 3. The van der Waals surface area contributed by atoms with Crippen LogP contribution in [0.3, 0.4) is 0 Å². The summed E-state index contributed by atoms with van der Waals surface area (Å²) in [5, 5.41) is 8.95. The summed E-state index contributed by atoms with van der Waals surface area (Å²) in [6.45, 7) is 4.87. The van der Waals surface area contributed by atoms with Gasteiger partial charge in [0.25, 0.3) is 5.91 Å². The minimum Gasteiger partial charge on any atom is -0.378 e. The fourth-order valence-corrected chi connectivity index (χ4v) is 4.15. The quantitative estimate of drug-likeness (QED) is 0.521. The van der Waals surface area contributed by atoms with Crippen molar-refractivity contribution in [2.75, 3.05) is 26.3 Å². The maximum Gasteiger partial charge on any atom is 0.270 e. The molecule has 0 spiro atoms. The monoisotopic (exact) mass is 409 g/mol. The summed E-state index contributed by atoms with van der Waals surface area (Å²) in [6, 6.07) is 11.7. The lowest BCUT2D eigenvalue weighted by Gasteiger charge is -2.27. The van der Waals surface area contributed by atoms with Gasteiger partial charge in [-0.1, -0.05) is 23.7 Å². The summed E-state index contributed by atoms with van der Waals surface area (Å²) in [7, 11) is 0. The van der Waals surface area contributed by atoms with Gasteiger partial charge in [-0.2, -0.15) is 0 Å². The molecule has 0 saturated carbocycles. The maximum atomic E-state index is 13.4. The second-order valence-corrected chi connectivity index (χ2v) is 7.71. The van der Waals surface area contributed by atoms with Crippen LogP contribution in [0.5, 0.6) is 0 Å². The number of nitrogens with zero attached hydrogens (tertiary/aromatic N) is 5. The minimum absolute atomic E-state index is 0.00501. The molecule has 4 heterocycles. The Hall–Kier alpha value is -2.90. The first-order chi connectivity index (χ1) is 14.1. The van der Waals surface area contributed by atoms with Crippen LogP contribution in [0, 0.1) is 6.92 Å². The number of hydrogen-bond acceptors (Lipinski definition) is 4. The Balaban J connectivity index is 1.70. The summed E-state index contributed by atoms with van der Waals surface area (Å²) in [5.41, 5.74) is 5.35. The van der Waals surface area contributed by atoms with Gasteiger partial charge in [0.05, 0.1) is 24.2 Å². The van der Waals surface area contributed by atoms with Gasteiger partial charge in [0.15, 0.2) is 5.65 Å². The molecule has 0 radical (unpaired) electrons. The number of rotatable bonds is 3. The number of carbonyl (C=O) groups excluding carboxylic acids is 1. The van der Waals surface area contributed by atoms with E-state index in [4.69, 9.17) is 16.3 Å². The zero-order chi connectivity index (χ0) is 20.0. The summed E-state index contributed by atoms with van der Waals surface area (Å²) in [4.78, 5) is 15.2. The van der Waals surface area contributed by atoms with Crippen molar-refractivity contribution < 1.29 is 9.53 Å². The Kier molecular flexibility index (Phi) is 4.49. The molecular formula is C21H20ClN5O2. The van der Waals surface area contributed by atoms with E-state index < -0.39 is 0 Å². The summed E-state index contributed by atoms with van der Waals surface area (Å²) in [6.07, 6.45) is 1.69. The number of aryl methyl sites for hydroxylation is 1. The highest BCUT2D eigenvalue weighted by Crippen LogP contribution is 2.26. The Morgan fingerprint density at radius 3 is 2.79 bits per heavy atom. The van der Waals surface area contributed by atoms with Crippen molar-refractivity contribution in [2.24, 2.45) is 0 Å². The van der Waals surface area contributed by atoms with Gasteiger partial charge in [0, 0.05) is 24.7 Å². The molecule has 0 unspecified atom stereocenters. The molecule has 0 bridgehead atoms. The molecule has 29 heavy (non-hydrogen) atoms. The first-order valence-corrected chi connectivity index (χ1v) is 9.93. The van der Waals surface area contributed by atoms with Crippen molar-refractivity contribution in [1.82, 2.24) is 24.1 Å². The zero-order valence-corrected chi connectivity index (χ0v) is 16.8. The van der Waals surface area contributed by atoms with E-state index >= 15 is 0 Å². The van der Waals surface area contributed by atoms with Crippen LogP contribution in [0.25, 0.3) is 16.7 Å². The van der Waals surface area contributed by atoms with Crippen LogP contribution in [-0.2, 0) is 11.3 Å². The van der Waals surface area contributed by atoms with Crippen LogP contribution in [0.15, 0.2) is 42.7 Å². The van der Waals surface area contributed by atoms with Gasteiger partial charge in [-0.15, -0.1) is 10.2 Å². The molecule has 1 amide bonds. The second-order valence-electron chi connectivity index (χ2n) is 7.27. The van der Waals surface area contributed by atoms with Crippen molar-refractivity contribution in [3.05, 3.63) is 64.6 Å². The van der Waals surface area contributed by atoms with E-state index in [-0.39, 0.29) is 5.91 Å². The Morgan fingerprint density at radius 2 is 2.00 bits per heavy atom. The highest BCUT2D eigenvalue weighted by atomic mass is 35.5. The third-order valence-electron chi connectivity index (χ3n) is 5.38. The van der Waals surface area contributed by atoms with Gasteiger partial charge < -0.3 is 14.2 Å². The van der Waals surface area contributed by atoms with E-state index in [0.717, 1.165) is 27.8 Å². The standard InChI is InChI=1S/C21H20ClN5O2/c1-14-9-17-18(27-13-23-24-20(14)27)11-19(21(28)25-5-7-29-8-6-25)26(17)12-15-3-2-4-16(22)10-15/h2-4,9-11,13H,5-8,12H2,1H3. The predicted octanol–water partition coefficient (Wildman–Crippen LogP) is 3.17. The normalized spacial score (nSPS) is 14.8. The van der Waals surface area contributed by atoms with Crippen molar-refractivity contribution >= 4 is 34.2 Å². The first-order valence-electron chi connectivity index (χ1n) is 9.56. The number of amides is 1. The average molecular weight is 410 g/mol. The van der Waals surface area contributed by atoms with Crippen molar-refractivity contribution in [2.45, 2.75) is 13.5 Å². The topological polar surface area (TPSA) is 64.7 Å². The smallest absolute Gasteiger partial charge is 0.270 e. The third-order valence-corrected chi connectivity index (χ3v) is 5.61. The van der Waals surface area contributed by atoms with Gasteiger partial charge in [-0.3, -0.25) is 9.20 Å². The van der Waals surface area contributed by atoms with E-state index in [1.807, 2.05) is 46.6 Å². The van der Waals surface area contributed by atoms with Crippen LogP contribution in [0.4, 0.5) is 0 Å². The van der Waals surface area contributed by atoms with Gasteiger partial charge in [-0.25, -0.2) is 0 Å². The fraction of sp³-hybridized carbons (Fsp3) is 0.286. The SMILES string of the molecule is Cc1cc2c(cc(C(=O)N3CCOCC3)n2Cc2cccc(Cl)c2)n2cnnc12. The lowest BCUT2D eigenvalue weighted by atomic mass is 10.2. The largest absolute Gasteiger partial charge is 0.378 e. The van der Waals surface area contributed by atoms with E-state index in [1.165, 1.54) is 0 Å². The minimum atomic E-state index is 0.00501. The first kappa shape index (κ1) is 18.1. The molecule has 0 atom stereocenters. The summed E-state index contributed by atoms with van der Waals surface area (Å²) < 4.78 is 9.41. The lowest BCUT2D eigenvalue weighted by molar-refractivity contribution is 0.0296. The Bertz CT molecular complexity index is 1220. The number of halogens is 1. The number of benzene rings is 1. The molecule has 3 aromatic heterocycles. The van der Waals surface area contributed by atoms with Gasteiger partial charge in [-0.05, 0) is 42.3 Å². The molecule has 1 aliphatic heterocycles. The Labute approximate surface area is 172 Å². The number of aromatic nitrogens is 4. The highest BCUT2D eigenvalue weighted by molar-refractivity contribution is 6.30. The number of carbonyl (C=O) groups is 1. The van der Waals surface area contributed by atoms with Crippen molar-refractivity contribution in [1.29, 1.82) is 0 Å². The van der Waals surface area contributed by atoms with Gasteiger partial charge in [0.1, 0.15) is 12.0 Å². The van der Waals surface area contributed by atoms with E-state index in [0.29, 0.717) is 43.6 Å². The molecule has 1 fully saturated rings. The fourth-order valence-electron chi connectivity index (χ4n) is 3.94. The molecule has 0 aliphatic carbocycles. The molecule has 1 aromatic carbocycles. The van der Waals surface area contributed by atoms with Gasteiger partial charge >= 0.3 is 0 Å². The molecule has 0 N–H and O–H groups in total. The molecule has 148 valence electrons. The van der Waals surface area contributed by atoms with Crippen LogP contribution >= 0.6 is 11.6 Å². The van der Waals surface area contributed by atoms with Gasteiger partial charge in [0.2, 0.25) is 0 Å².